The lowest BCUT2D eigenvalue weighted by Gasteiger charge is -2.36. The SMILES string of the molecule is Cc1ccc(C(Nc2ccc3c(c2)Sc2cccc(C4CN(c5cc[nH]c(=O)c5)CCO4)c2S3)C2CCC2)nc1. The van der Waals surface area contributed by atoms with Crippen molar-refractivity contribution >= 4 is 34.9 Å². The highest BCUT2D eigenvalue weighted by Crippen LogP contribution is 2.52. The fourth-order valence-electron chi connectivity index (χ4n) is 5.72. The highest BCUT2D eigenvalue weighted by molar-refractivity contribution is 8.05. The second-order valence-electron chi connectivity index (χ2n) is 10.8. The lowest BCUT2D eigenvalue weighted by molar-refractivity contribution is 0.0379. The molecule has 0 spiro atoms. The molecule has 204 valence electrons. The van der Waals surface area contributed by atoms with Crippen molar-refractivity contribution in [3.63, 3.8) is 0 Å². The largest absolute Gasteiger partial charge is 0.376 e. The summed E-state index contributed by atoms with van der Waals surface area (Å²) in [5.74, 6) is 0.626. The van der Waals surface area contributed by atoms with Gasteiger partial charge in [0.15, 0.2) is 0 Å². The molecular weight excluding hydrogens is 537 g/mol. The number of aromatic amines is 1. The van der Waals surface area contributed by atoms with Crippen molar-refractivity contribution in [3.8, 4) is 0 Å². The van der Waals surface area contributed by atoms with E-state index in [0.29, 0.717) is 12.5 Å². The predicted molar refractivity (Wildman–Crippen MR) is 162 cm³/mol. The van der Waals surface area contributed by atoms with Gasteiger partial charge in [0.25, 0.3) is 0 Å². The molecule has 4 heterocycles. The number of rotatable bonds is 6. The van der Waals surface area contributed by atoms with Gasteiger partial charge in [0.1, 0.15) is 6.10 Å². The Morgan fingerprint density at radius 3 is 2.77 bits per heavy atom. The van der Waals surface area contributed by atoms with Crippen molar-refractivity contribution in [2.45, 2.75) is 57.9 Å². The van der Waals surface area contributed by atoms with E-state index in [1.54, 1.807) is 12.3 Å². The number of benzene rings is 2. The molecular formula is C32H32N4O2S2. The average Bonchev–Trinajstić information content (AvgIpc) is 2.95. The lowest BCUT2D eigenvalue weighted by Crippen LogP contribution is -2.39. The Morgan fingerprint density at radius 2 is 1.98 bits per heavy atom. The van der Waals surface area contributed by atoms with Crippen LogP contribution < -0.4 is 15.8 Å². The molecule has 3 aliphatic rings. The minimum Gasteiger partial charge on any atom is -0.376 e. The molecule has 2 aliphatic heterocycles. The van der Waals surface area contributed by atoms with Gasteiger partial charge in [-0.2, -0.15) is 0 Å². The van der Waals surface area contributed by atoms with E-state index < -0.39 is 0 Å². The van der Waals surface area contributed by atoms with Crippen LogP contribution in [0.5, 0.6) is 0 Å². The minimum atomic E-state index is -0.0795. The van der Waals surface area contributed by atoms with E-state index in [0.717, 1.165) is 30.2 Å². The van der Waals surface area contributed by atoms with Gasteiger partial charge in [0.2, 0.25) is 5.56 Å². The molecule has 2 N–H and O–H groups in total. The van der Waals surface area contributed by atoms with Crippen molar-refractivity contribution < 1.29 is 4.74 Å². The maximum absolute atomic E-state index is 11.9. The predicted octanol–water partition coefficient (Wildman–Crippen LogP) is 7.23. The van der Waals surface area contributed by atoms with Gasteiger partial charge >= 0.3 is 0 Å². The standard InChI is InChI=1S/C32H32N4O2S2/c1-20-8-10-25(34-18-20)31(21-4-2-5-21)35-22-9-11-27-29(16-22)39-28-7-3-6-24(32(28)40-27)26-19-36(14-15-38-26)23-12-13-33-30(37)17-23/h3,6-13,16-18,21,26,31,35H,2,4-5,14-15,19H2,1H3,(H,33,37). The fraction of sp³-hybridized carbons (Fsp3) is 0.312. The van der Waals surface area contributed by atoms with E-state index in [1.807, 2.05) is 35.8 Å². The molecule has 2 aromatic heterocycles. The van der Waals surface area contributed by atoms with Gasteiger partial charge in [-0.05, 0) is 73.2 Å². The summed E-state index contributed by atoms with van der Waals surface area (Å²) in [4.78, 5) is 26.7. The van der Waals surface area contributed by atoms with Crippen LogP contribution >= 0.6 is 23.5 Å². The second kappa shape index (κ2) is 11.0. The average molecular weight is 569 g/mol. The first kappa shape index (κ1) is 25.7. The van der Waals surface area contributed by atoms with E-state index in [1.165, 1.54) is 50.0 Å². The van der Waals surface area contributed by atoms with Gasteiger partial charge in [-0.25, -0.2) is 0 Å². The quantitative estimate of drug-likeness (QED) is 0.224. The number of nitrogens with zero attached hydrogens (tertiary/aromatic N) is 2. The molecule has 1 aliphatic carbocycles. The van der Waals surface area contributed by atoms with Crippen LogP contribution in [0.4, 0.5) is 11.4 Å². The summed E-state index contributed by atoms with van der Waals surface area (Å²) < 4.78 is 6.28. The first-order chi connectivity index (χ1) is 19.6. The number of anilines is 2. The van der Waals surface area contributed by atoms with Crippen LogP contribution in [0.25, 0.3) is 0 Å². The van der Waals surface area contributed by atoms with Crippen LogP contribution in [0.2, 0.25) is 0 Å². The number of pyridine rings is 2. The number of morpholine rings is 1. The van der Waals surface area contributed by atoms with Gasteiger partial charge < -0.3 is 19.9 Å². The first-order valence-electron chi connectivity index (χ1n) is 14.0. The van der Waals surface area contributed by atoms with Crippen molar-refractivity contribution in [2.75, 3.05) is 29.9 Å². The van der Waals surface area contributed by atoms with Gasteiger partial charge in [-0.1, -0.05) is 48.1 Å². The zero-order valence-electron chi connectivity index (χ0n) is 22.4. The summed E-state index contributed by atoms with van der Waals surface area (Å²) in [6, 6.07) is 21.5. The third-order valence-electron chi connectivity index (χ3n) is 8.12. The molecule has 2 atom stereocenters. The first-order valence-corrected chi connectivity index (χ1v) is 15.6. The van der Waals surface area contributed by atoms with E-state index in [4.69, 9.17) is 9.72 Å². The normalized spacial score (nSPS) is 19.3. The molecule has 1 saturated heterocycles. The Labute approximate surface area is 243 Å². The monoisotopic (exact) mass is 568 g/mol. The highest BCUT2D eigenvalue weighted by Gasteiger charge is 2.31. The van der Waals surface area contributed by atoms with Crippen LogP contribution in [0.1, 0.15) is 48.2 Å². The highest BCUT2D eigenvalue weighted by atomic mass is 32.2. The van der Waals surface area contributed by atoms with E-state index >= 15 is 0 Å². The molecule has 2 fully saturated rings. The van der Waals surface area contributed by atoms with Crippen LogP contribution in [0, 0.1) is 12.8 Å². The minimum absolute atomic E-state index is 0.0520. The summed E-state index contributed by atoms with van der Waals surface area (Å²) in [5.41, 5.74) is 5.55. The molecule has 1 saturated carbocycles. The summed E-state index contributed by atoms with van der Waals surface area (Å²) >= 11 is 3.67. The number of fused-ring (bicyclic) bond motifs is 2. The maximum atomic E-state index is 11.9. The number of nitrogens with one attached hydrogen (secondary N) is 2. The topological polar surface area (TPSA) is 70.2 Å². The molecule has 40 heavy (non-hydrogen) atoms. The zero-order chi connectivity index (χ0) is 27.1. The Morgan fingerprint density at radius 1 is 1.05 bits per heavy atom. The summed E-state index contributed by atoms with van der Waals surface area (Å²) in [6.07, 6.45) is 7.44. The Bertz CT molecular complexity index is 1580. The molecule has 4 aromatic rings. The van der Waals surface area contributed by atoms with Crippen LogP contribution in [-0.4, -0.2) is 29.7 Å². The van der Waals surface area contributed by atoms with Crippen molar-refractivity contribution in [3.05, 3.63) is 100 Å². The lowest BCUT2D eigenvalue weighted by atomic mass is 9.78. The Balaban J connectivity index is 1.12. The van der Waals surface area contributed by atoms with E-state index in [9.17, 15) is 4.79 Å². The summed E-state index contributed by atoms with van der Waals surface area (Å²) in [6.45, 7) is 4.21. The van der Waals surface area contributed by atoms with E-state index in [-0.39, 0.29) is 17.7 Å². The number of H-pyrrole nitrogens is 1. The molecule has 2 unspecified atom stereocenters. The summed E-state index contributed by atoms with van der Waals surface area (Å²) in [5, 5.41) is 3.84. The van der Waals surface area contributed by atoms with Gasteiger partial charge in [0, 0.05) is 62.5 Å². The Hall–Kier alpha value is -3.20. The number of aromatic nitrogens is 2. The molecule has 7 rings (SSSR count). The van der Waals surface area contributed by atoms with Gasteiger partial charge in [0.05, 0.1) is 18.3 Å². The van der Waals surface area contributed by atoms with Gasteiger partial charge in [-0.3, -0.25) is 9.78 Å². The number of ether oxygens (including phenoxy) is 1. The third kappa shape index (κ3) is 5.16. The molecule has 2 aromatic carbocycles. The number of hydrogen-bond donors (Lipinski definition) is 2. The molecule has 0 bridgehead atoms. The van der Waals surface area contributed by atoms with E-state index in [2.05, 4.69) is 70.7 Å². The smallest absolute Gasteiger partial charge is 0.249 e. The second-order valence-corrected chi connectivity index (χ2v) is 13.0. The van der Waals surface area contributed by atoms with Crippen LogP contribution in [0.15, 0.2) is 97.4 Å². The van der Waals surface area contributed by atoms with Crippen LogP contribution in [-0.2, 0) is 4.74 Å². The molecule has 8 heteroatoms. The zero-order valence-corrected chi connectivity index (χ0v) is 24.1. The van der Waals surface area contributed by atoms with Crippen molar-refractivity contribution in [2.24, 2.45) is 5.92 Å². The summed E-state index contributed by atoms with van der Waals surface area (Å²) in [7, 11) is 0. The molecule has 0 amide bonds. The third-order valence-corrected chi connectivity index (χ3v) is 10.7. The van der Waals surface area contributed by atoms with Crippen LogP contribution in [0.3, 0.4) is 0 Å². The number of hydrogen-bond acceptors (Lipinski definition) is 7. The fourth-order valence-corrected chi connectivity index (χ4v) is 8.17. The number of aryl methyl sites for hydroxylation is 1. The van der Waals surface area contributed by atoms with Crippen molar-refractivity contribution in [1.82, 2.24) is 9.97 Å². The van der Waals surface area contributed by atoms with Crippen molar-refractivity contribution in [1.29, 1.82) is 0 Å². The molecule has 0 radical (unpaired) electrons. The maximum Gasteiger partial charge on any atom is 0.249 e. The van der Waals surface area contributed by atoms with Gasteiger partial charge in [-0.15, -0.1) is 0 Å². The Kier molecular flexibility index (Phi) is 7.08. The molecule has 6 nitrogen and oxygen atoms in total.